The maximum absolute atomic E-state index is 12.1. The first-order valence-electron chi connectivity index (χ1n) is 11.5. The van der Waals surface area contributed by atoms with Crippen molar-refractivity contribution in [3.05, 3.63) is 107 Å². The maximum atomic E-state index is 12.1. The number of rotatable bonds is 8. The van der Waals surface area contributed by atoms with Crippen molar-refractivity contribution in [1.82, 2.24) is 0 Å². The number of benzene rings is 4. The minimum atomic E-state index is -4.72. The third-order valence-corrected chi connectivity index (χ3v) is 7.39. The van der Waals surface area contributed by atoms with E-state index in [0.29, 0.717) is 11.1 Å². The standard InChI is InChI=1S/C28H22N2O8S2/c31-25-7-3-1-5-21(25)17-29-23-13-11-19(27(15-23)39(33,34)35)9-10-20-12-14-24(16-28(20)40(36,37)38)30-18-22-6-2-4-8-26(22)32/h1-18,31-32H,(H,33,34,35)(H,36,37,38)/b10-9-,29-17?,30-18?. The highest BCUT2D eigenvalue weighted by Gasteiger charge is 2.17. The van der Waals surface area contributed by atoms with Gasteiger partial charge in [-0.05, 0) is 59.7 Å². The van der Waals surface area contributed by atoms with Crippen LogP contribution in [-0.4, -0.2) is 48.6 Å². The lowest BCUT2D eigenvalue weighted by Gasteiger charge is -2.07. The van der Waals surface area contributed by atoms with Crippen LogP contribution in [0.3, 0.4) is 0 Å². The third kappa shape index (κ3) is 7.07. The van der Waals surface area contributed by atoms with Gasteiger partial charge in [0.1, 0.15) is 21.3 Å². The third-order valence-electron chi connectivity index (χ3n) is 5.57. The Bertz CT molecular complexity index is 1740. The van der Waals surface area contributed by atoms with Crippen LogP contribution in [0.2, 0.25) is 0 Å². The molecule has 0 fully saturated rings. The molecule has 0 aliphatic rings. The molecule has 0 amide bonds. The zero-order chi connectivity index (χ0) is 28.9. The molecular formula is C28H22N2O8S2. The van der Waals surface area contributed by atoms with Crippen molar-refractivity contribution in [3.63, 3.8) is 0 Å². The van der Waals surface area contributed by atoms with Gasteiger partial charge in [-0.1, -0.05) is 48.6 Å². The fourth-order valence-electron chi connectivity index (χ4n) is 3.59. The summed E-state index contributed by atoms with van der Waals surface area (Å²) in [6.45, 7) is 0. The molecule has 4 rings (SSSR count). The Balaban J connectivity index is 1.68. The Morgan fingerprint density at radius 2 is 0.900 bits per heavy atom. The minimum absolute atomic E-state index is 0.0203. The molecule has 0 radical (unpaired) electrons. The van der Waals surface area contributed by atoms with Crippen LogP contribution in [0.4, 0.5) is 11.4 Å². The fourth-order valence-corrected chi connectivity index (χ4v) is 5.00. The van der Waals surface area contributed by atoms with Gasteiger partial charge in [0, 0.05) is 23.6 Å². The number of phenolic OH excluding ortho intramolecular Hbond substituents is 2. The van der Waals surface area contributed by atoms with E-state index in [0.717, 1.165) is 12.1 Å². The van der Waals surface area contributed by atoms with Crippen molar-refractivity contribution >= 4 is 56.2 Å². The van der Waals surface area contributed by atoms with Gasteiger partial charge in [0.2, 0.25) is 0 Å². The van der Waals surface area contributed by atoms with Gasteiger partial charge in [0.15, 0.2) is 0 Å². The predicted molar refractivity (Wildman–Crippen MR) is 152 cm³/mol. The molecule has 40 heavy (non-hydrogen) atoms. The van der Waals surface area contributed by atoms with Crippen molar-refractivity contribution in [2.24, 2.45) is 9.98 Å². The van der Waals surface area contributed by atoms with E-state index in [4.69, 9.17) is 0 Å². The molecule has 0 spiro atoms. The molecule has 4 aromatic rings. The lowest BCUT2D eigenvalue weighted by atomic mass is 10.1. The van der Waals surface area contributed by atoms with E-state index in [1.807, 2.05) is 0 Å². The van der Waals surface area contributed by atoms with Gasteiger partial charge in [0.05, 0.1) is 11.4 Å². The van der Waals surface area contributed by atoms with Crippen LogP contribution in [0.5, 0.6) is 11.5 Å². The zero-order valence-electron chi connectivity index (χ0n) is 20.5. The molecule has 0 atom stereocenters. The lowest BCUT2D eigenvalue weighted by molar-refractivity contribution is 0.474. The molecule has 0 saturated carbocycles. The van der Waals surface area contributed by atoms with Crippen molar-refractivity contribution in [2.75, 3.05) is 0 Å². The number of aromatic hydroxyl groups is 2. The second kappa shape index (κ2) is 11.6. The Labute approximate surface area is 230 Å². The Morgan fingerprint density at radius 3 is 1.25 bits per heavy atom. The van der Waals surface area contributed by atoms with Gasteiger partial charge in [-0.2, -0.15) is 16.8 Å². The second-order valence-electron chi connectivity index (χ2n) is 8.36. The summed E-state index contributed by atoms with van der Waals surface area (Å²) in [6, 6.07) is 20.7. The molecule has 0 aliphatic carbocycles. The van der Waals surface area contributed by atoms with Gasteiger partial charge in [-0.3, -0.25) is 19.1 Å². The van der Waals surface area contributed by atoms with E-state index in [-0.39, 0.29) is 34.0 Å². The highest BCUT2D eigenvalue weighted by atomic mass is 32.2. The minimum Gasteiger partial charge on any atom is -0.507 e. The summed E-state index contributed by atoms with van der Waals surface area (Å²) in [5.74, 6) is -0.0456. The summed E-state index contributed by atoms with van der Waals surface area (Å²) in [7, 11) is -9.43. The summed E-state index contributed by atoms with van der Waals surface area (Å²) in [5, 5.41) is 19.7. The topological polar surface area (TPSA) is 174 Å². The monoisotopic (exact) mass is 578 g/mol. The van der Waals surface area contributed by atoms with Crippen LogP contribution in [0.15, 0.2) is 105 Å². The maximum Gasteiger partial charge on any atom is 0.295 e. The smallest absolute Gasteiger partial charge is 0.295 e. The highest BCUT2D eigenvalue weighted by Crippen LogP contribution is 2.28. The van der Waals surface area contributed by atoms with E-state index < -0.39 is 30.0 Å². The van der Waals surface area contributed by atoms with E-state index >= 15 is 0 Å². The normalized spacial score (nSPS) is 12.6. The Morgan fingerprint density at radius 1 is 0.525 bits per heavy atom. The number of hydrogen-bond acceptors (Lipinski definition) is 8. The van der Waals surface area contributed by atoms with Crippen LogP contribution in [-0.2, 0) is 20.2 Å². The fraction of sp³-hybridized carbons (Fsp3) is 0. The quantitative estimate of drug-likeness (QED) is 0.124. The van der Waals surface area contributed by atoms with Crippen LogP contribution in [0, 0.1) is 0 Å². The zero-order valence-corrected chi connectivity index (χ0v) is 22.2. The molecular weight excluding hydrogens is 556 g/mol. The molecule has 0 unspecified atom stereocenters. The average molecular weight is 579 g/mol. The molecule has 0 aromatic heterocycles. The van der Waals surface area contributed by atoms with E-state index in [2.05, 4.69) is 9.98 Å². The number of phenols is 2. The molecule has 204 valence electrons. The van der Waals surface area contributed by atoms with E-state index in [1.54, 1.807) is 36.4 Å². The van der Waals surface area contributed by atoms with Crippen molar-refractivity contribution in [2.45, 2.75) is 9.79 Å². The summed E-state index contributed by atoms with van der Waals surface area (Å²) >= 11 is 0. The van der Waals surface area contributed by atoms with Crippen LogP contribution < -0.4 is 0 Å². The molecule has 0 bridgehead atoms. The van der Waals surface area contributed by atoms with Gasteiger partial charge in [-0.15, -0.1) is 0 Å². The van der Waals surface area contributed by atoms with Crippen LogP contribution in [0.25, 0.3) is 12.2 Å². The second-order valence-corrected chi connectivity index (χ2v) is 11.1. The predicted octanol–water partition coefficient (Wildman–Crippen LogP) is 5.26. The Kier molecular flexibility index (Phi) is 8.26. The number of aliphatic imine (C=N–C) groups is 2. The van der Waals surface area contributed by atoms with Crippen LogP contribution >= 0.6 is 0 Å². The summed E-state index contributed by atoms with van der Waals surface area (Å²) in [4.78, 5) is 7.31. The van der Waals surface area contributed by atoms with Crippen molar-refractivity contribution in [3.8, 4) is 11.5 Å². The van der Waals surface area contributed by atoms with Gasteiger partial charge in [0.25, 0.3) is 20.2 Å². The molecule has 0 saturated heterocycles. The molecule has 4 N–H and O–H groups in total. The average Bonchev–Trinajstić information content (AvgIpc) is 2.90. The SMILES string of the molecule is O=S(=O)(O)c1cc(N=Cc2ccccc2O)ccc1/C=C\c1ccc(N=Cc2ccccc2O)cc1S(=O)(=O)O. The first-order chi connectivity index (χ1) is 18.9. The van der Waals surface area contributed by atoms with Crippen molar-refractivity contribution < 1.29 is 36.2 Å². The number of hydrogen-bond donors (Lipinski definition) is 4. The lowest BCUT2D eigenvalue weighted by Crippen LogP contribution is -2.01. The molecule has 4 aromatic carbocycles. The largest absolute Gasteiger partial charge is 0.507 e. The first kappa shape index (κ1) is 28.4. The highest BCUT2D eigenvalue weighted by molar-refractivity contribution is 7.86. The molecule has 0 heterocycles. The van der Waals surface area contributed by atoms with Gasteiger partial charge in [-0.25, -0.2) is 0 Å². The molecule has 12 heteroatoms. The number of nitrogens with zero attached hydrogens (tertiary/aromatic N) is 2. The first-order valence-corrected chi connectivity index (χ1v) is 14.3. The van der Waals surface area contributed by atoms with E-state index in [9.17, 15) is 36.2 Å². The summed E-state index contributed by atoms with van der Waals surface area (Å²) < 4.78 is 67.9. The van der Waals surface area contributed by atoms with Crippen molar-refractivity contribution in [1.29, 1.82) is 0 Å². The van der Waals surface area contributed by atoms with Crippen LogP contribution in [0.1, 0.15) is 22.3 Å². The summed E-state index contributed by atoms with van der Waals surface area (Å²) in [5.41, 5.74) is 1.16. The Hall–Kier alpha value is -4.62. The van der Waals surface area contributed by atoms with E-state index in [1.165, 1.54) is 61.0 Å². The van der Waals surface area contributed by atoms with Gasteiger partial charge < -0.3 is 10.2 Å². The number of para-hydroxylation sites is 2. The summed E-state index contributed by atoms with van der Waals surface area (Å²) in [6.07, 6.45) is 5.17. The van der Waals surface area contributed by atoms with Gasteiger partial charge >= 0.3 is 0 Å². The molecule has 10 nitrogen and oxygen atoms in total. The molecule has 0 aliphatic heterocycles.